The molecule has 0 unspecified atom stereocenters. The van der Waals surface area contributed by atoms with E-state index in [1.54, 1.807) is 17.5 Å². The van der Waals surface area contributed by atoms with E-state index in [0.717, 1.165) is 12.8 Å². The Morgan fingerprint density at radius 1 is 0.857 bits per heavy atom. The van der Waals surface area contributed by atoms with Gasteiger partial charge in [-0.1, -0.05) is 0 Å². The van der Waals surface area contributed by atoms with Crippen molar-refractivity contribution in [2.45, 2.75) is 22.1 Å². The fraction of sp³-hybridized carbons (Fsp3) is 0.167. The molecule has 0 bridgehead atoms. The van der Waals surface area contributed by atoms with Gasteiger partial charge in [-0.15, -0.1) is 24.8 Å². The first-order chi connectivity index (χ1) is 12.4. The number of fused-ring (bicyclic) bond motifs is 5. The summed E-state index contributed by atoms with van der Waals surface area (Å²) in [7, 11) is 0. The fourth-order valence-corrected chi connectivity index (χ4v) is 16.7. The summed E-state index contributed by atoms with van der Waals surface area (Å²) in [5.41, 5.74) is 5.92. The molecule has 5 rings (SSSR count). The SMILES string of the molecule is Cl.Cl.[CH3][Zr]([CH3])(=[SiH2])([C]1=CC=CC1)[c]1cccc2ccc3c(c12)Cc1ccccc1-3. The molecule has 0 fully saturated rings. The quantitative estimate of drug-likeness (QED) is 0.291. The zero-order chi connectivity index (χ0) is 18.0. The molecule has 0 aromatic heterocycles. The van der Waals surface area contributed by atoms with Crippen molar-refractivity contribution >= 4 is 45.7 Å². The van der Waals surface area contributed by atoms with Gasteiger partial charge in [0.15, 0.2) is 0 Å². The van der Waals surface area contributed by atoms with Gasteiger partial charge in [0, 0.05) is 0 Å². The van der Waals surface area contributed by atoms with Crippen LogP contribution in [0, 0.1) is 0 Å². The summed E-state index contributed by atoms with van der Waals surface area (Å²) >= 11 is -3.17. The van der Waals surface area contributed by atoms with Crippen molar-refractivity contribution in [2.75, 3.05) is 0 Å². The van der Waals surface area contributed by atoms with Gasteiger partial charge in [0.25, 0.3) is 0 Å². The topological polar surface area (TPSA) is 0 Å². The van der Waals surface area contributed by atoms with Crippen LogP contribution >= 0.6 is 24.8 Å². The number of hydrogen-bond acceptors (Lipinski definition) is 0. The zero-order valence-electron chi connectivity index (χ0n) is 16.4. The number of hydrogen-bond donors (Lipinski definition) is 0. The van der Waals surface area contributed by atoms with E-state index in [1.807, 2.05) is 0 Å². The van der Waals surface area contributed by atoms with Gasteiger partial charge in [-0.3, -0.25) is 0 Å². The molecule has 4 heteroatoms. The molecule has 0 amide bonds. The third-order valence-corrected chi connectivity index (χ3v) is 22.7. The van der Waals surface area contributed by atoms with E-state index in [0.29, 0.717) is 0 Å². The van der Waals surface area contributed by atoms with Crippen molar-refractivity contribution < 1.29 is 17.4 Å². The molecule has 3 aromatic carbocycles. The Hall–Kier alpha value is -0.920. The average Bonchev–Trinajstić information content (AvgIpc) is 3.29. The summed E-state index contributed by atoms with van der Waals surface area (Å²) in [5.74, 6) is 0. The molecule has 0 saturated carbocycles. The van der Waals surface area contributed by atoms with Crippen LogP contribution in [0.25, 0.3) is 21.9 Å². The van der Waals surface area contributed by atoms with Crippen LogP contribution in [0.5, 0.6) is 0 Å². The summed E-state index contributed by atoms with van der Waals surface area (Å²) in [6.45, 7) is 2.34. The van der Waals surface area contributed by atoms with E-state index < -0.39 is 17.4 Å². The van der Waals surface area contributed by atoms with Crippen molar-refractivity contribution in [3.05, 3.63) is 87.2 Å². The molecular weight excluding hydrogens is 478 g/mol. The first-order valence-electron chi connectivity index (χ1n) is 9.51. The van der Waals surface area contributed by atoms with Crippen LogP contribution in [0.4, 0.5) is 0 Å². The van der Waals surface area contributed by atoms with Gasteiger partial charge >= 0.3 is 159 Å². The van der Waals surface area contributed by atoms with Crippen LogP contribution in [-0.2, 0) is 23.8 Å². The Labute approximate surface area is 182 Å². The van der Waals surface area contributed by atoms with E-state index in [4.69, 9.17) is 0 Å². The predicted molar refractivity (Wildman–Crippen MR) is 128 cm³/mol. The maximum absolute atomic E-state index is 3.17. The van der Waals surface area contributed by atoms with E-state index >= 15 is 0 Å². The van der Waals surface area contributed by atoms with Crippen LogP contribution in [0.3, 0.4) is 0 Å². The number of halogens is 2. The summed E-state index contributed by atoms with van der Waals surface area (Å²) in [6.07, 6.45) is 9.22. The molecule has 0 atom stereocenters. The van der Waals surface area contributed by atoms with E-state index in [1.165, 1.54) is 22.1 Å². The molecule has 2 aliphatic carbocycles. The molecular formula is C24H26Cl2SiZr. The van der Waals surface area contributed by atoms with Gasteiger partial charge in [-0.05, 0) is 0 Å². The van der Waals surface area contributed by atoms with Crippen LogP contribution in [0.15, 0.2) is 76.1 Å². The third-order valence-electron chi connectivity index (χ3n) is 6.49. The molecule has 28 heavy (non-hydrogen) atoms. The standard InChI is InChI=1S/C17H11.C5H5.2CH3.2ClH.H2Si.Zr/c1-3-7-14-12(5-1)9-10-16-15-8-4-2-6-13(15)11-17(14)16;1-2-4-5-3-1;;;;;;/h1-6,8-10H,11H2;1-3H,4H2;2*1H3;2*1H;1H2;. The average molecular weight is 505 g/mol. The molecule has 0 spiro atoms. The second-order valence-electron chi connectivity index (χ2n) is 8.84. The monoisotopic (exact) mass is 502 g/mol. The van der Waals surface area contributed by atoms with Crippen molar-refractivity contribution in [1.29, 1.82) is 0 Å². The van der Waals surface area contributed by atoms with Gasteiger partial charge in [0.1, 0.15) is 0 Å². The van der Waals surface area contributed by atoms with E-state index in [-0.39, 0.29) is 24.8 Å². The molecule has 0 nitrogen and oxygen atoms in total. The van der Waals surface area contributed by atoms with Crippen molar-refractivity contribution in [3.63, 3.8) is 0 Å². The number of allylic oxidation sites excluding steroid dienone is 4. The second kappa shape index (κ2) is 7.40. The molecule has 0 heterocycles. The van der Waals surface area contributed by atoms with Gasteiger partial charge < -0.3 is 0 Å². The van der Waals surface area contributed by atoms with Crippen molar-refractivity contribution in [3.8, 4) is 11.1 Å². The Morgan fingerprint density at radius 3 is 2.39 bits per heavy atom. The van der Waals surface area contributed by atoms with Crippen LogP contribution < -0.4 is 3.27 Å². The van der Waals surface area contributed by atoms with Crippen molar-refractivity contribution in [2.24, 2.45) is 0 Å². The van der Waals surface area contributed by atoms with Crippen molar-refractivity contribution in [1.82, 2.24) is 0 Å². The fourth-order valence-electron chi connectivity index (χ4n) is 4.90. The van der Waals surface area contributed by atoms with E-state index in [2.05, 4.69) is 89.0 Å². The Morgan fingerprint density at radius 2 is 1.64 bits per heavy atom. The Balaban J connectivity index is 0.00000112. The van der Waals surface area contributed by atoms with Gasteiger partial charge in [-0.25, -0.2) is 0 Å². The summed E-state index contributed by atoms with van der Waals surface area (Å²) < 4.78 is 8.62. The van der Waals surface area contributed by atoms with Gasteiger partial charge in [0.2, 0.25) is 0 Å². The Bertz CT molecular complexity index is 1210. The minimum absolute atomic E-state index is 0. The third kappa shape index (κ3) is 3.14. The summed E-state index contributed by atoms with van der Waals surface area (Å²) in [4.78, 5) is 0. The predicted octanol–water partition coefficient (Wildman–Crippen LogP) is 6.06. The minimum atomic E-state index is -3.17. The van der Waals surface area contributed by atoms with Gasteiger partial charge in [-0.2, -0.15) is 0 Å². The molecule has 0 aliphatic heterocycles. The molecule has 2 aliphatic rings. The Kier molecular flexibility index (Phi) is 5.76. The van der Waals surface area contributed by atoms with E-state index in [9.17, 15) is 0 Å². The molecule has 144 valence electrons. The molecule has 0 radical (unpaired) electrons. The molecule has 3 aromatic rings. The van der Waals surface area contributed by atoms with Crippen LogP contribution in [0.2, 0.25) is 9.26 Å². The number of rotatable bonds is 2. The molecule has 0 saturated heterocycles. The van der Waals surface area contributed by atoms with Gasteiger partial charge in [0.05, 0.1) is 0 Å². The molecule has 0 N–H and O–H groups in total. The summed E-state index contributed by atoms with van der Waals surface area (Å²) in [6, 6.07) is 20.7. The van der Waals surface area contributed by atoms with Crippen LogP contribution in [0.1, 0.15) is 17.5 Å². The van der Waals surface area contributed by atoms with Crippen LogP contribution in [-0.4, -0.2) is 6.88 Å². The first kappa shape index (κ1) is 21.8. The number of benzene rings is 3. The normalized spacial score (nSPS) is 14.8. The summed E-state index contributed by atoms with van der Waals surface area (Å²) in [5, 5.41) is 2.97. The maximum atomic E-state index is 2.62. The zero-order valence-corrected chi connectivity index (χ0v) is 21.9. The second-order valence-corrected chi connectivity index (χ2v) is 37.5. The first-order valence-corrected chi connectivity index (χ1v) is 22.8.